The summed E-state index contributed by atoms with van der Waals surface area (Å²) in [6, 6.07) is 16.2. The summed E-state index contributed by atoms with van der Waals surface area (Å²) in [5.41, 5.74) is 0.908. The van der Waals surface area contributed by atoms with Crippen LogP contribution in [0.3, 0.4) is 0 Å². The van der Waals surface area contributed by atoms with Crippen LogP contribution >= 0.6 is 23.4 Å². The number of aromatic nitrogens is 3. The van der Waals surface area contributed by atoms with Crippen molar-refractivity contribution in [1.82, 2.24) is 14.8 Å². The molecule has 1 amide bonds. The SMILES string of the molecule is CCn1c(SCC(=O)Nc2ccccc2C#N)nnc1C(C)Oc1ccccc1Cl. The van der Waals surface area contributed by atoms with Crippen LogP contribution in [-0.2, 0) is 11.3 Å². The smallest absolute Gasteiger partial charge is 0.234 e. The number of thioether (sulfide) groups is 1. The maximum absolute atomic E-state index is 12.3. The van der Waals surface area contributed by atoms with Crippen LogP contribution in [0, 0.1) is 11.3 Å². The third-order valence-electron chi connectivity index (χ3n) is 4.22. The molecule has 0 fully saturated rings. The van der Waals surface area contributed by atoms with E-state index in [0.717, 1.165) is 0 Å². The highest BCUT2D eigenvalue weighted by atomic mass is 35.5. The van der Waals surface area contributed by atoms with Crippen molar-refractivity contribution in [1.29, 1.82) is 5.26 Å². The van der Waals surface area contributed by atoms with E-state index in [1.165, 1.54) is 11.8 Å². The molecular formula is C21H20ClN5O2S. The third kappa shape index (κ3) is 5.12. The van der Waals surface area contributed by atoms with Gasteiger partial charge in [0.05, 0.1) is 22.0 Å². The van der Waals surface area contributed by atoms with Gasteiger partial charge in [-0.15, -0.1) is 10.2 Å². The molecule has 2 aromatic carbocycles. The van der Waals surface area contributed by atoms with E-state index in [1.807, 2.05) is 30.5 Å². The molecule has 3 rings (SSSR count). The van der Waals surface area contributed by atoms with Gasteiger partial charge in [0.25, 0.3) is 0 Å². The number of nitrogens with one attached hydrogen (secondary N) is 1. The molecule has 1 N–H and O–H groups in total. The first-order chi connectivity index (χ1) is 14.5. The summed E-state index contributed by atoms with van der Waals surface area (Å²) in [4.78, 5) is 12.3. The lowest BCUT2D eigenvalue weighted by atomic mass is 10.2. The van der Waals surface area contributed by atoms with Crippen LogP contribution in [0.5, 0.6) is 5.75 Å². The van der Waals surface area contributed by atoms with Gasteiger partial charge in [-0.05, 0) is 38.1 Å². The molecule has 7 nitrogen and oxygen atoms in total. The molecule has 1 unspecified atom stereocenters. The van der Waals surface area contributed by atoms with Gasteiger partial charge in [-0.25, -0.2) is 0 Å². The molecule has 0 aliphatic carbocycles. The van der Waals surface area contributed by atoms with Gasteiger partial charge in [-0.1, -0.05) is 47.6 Å². The summed E-state index contributed by atoms with van der Waals surface area (Å²) in [5.74, 6) is 1.13. The highest BCUT2D eigenvalue weighted by Gasteiger charge is 2.20. The van der Waals surface area contributed by atoms with Crippen LogP contribution < -0.4 is 10.1 Å². The highest BCUT2D eigenvalue weighted by molar-refractivity contribution is 7.99. The summed E-state index contributed by atoms with van der Waals surface area (Å²) in [6.07, 6.45) is -0.372. The van der Waals surface area contributed by atoms with Crippen molar-refractivity contribution in [3.63, 3.8) is 0 Å². The van der Waals surface area contributed by atoms with Crippen LogP contribution in [0.15, 0.2) is 53.7 Å². The number of benzene rings is 2. The van der Waals surface area contributed by atoms with Gasteiger partial charge in [0.1, 0.15) is 11.8 Å². The van der Waals surface area contributed by atoms with Gasteiger partial charge in [-0.2, -0.15) is 5.26 Å². The lowest BCUT2D eigenvalue weighted by Crippen LogP contribution is -2.16. The van der Waals surface area contributed by atoms with Gasteiger partial charge >= 0.3 is 0 Å². The number of halogens is 1. The Morgan fingerprint density at radius 1 is 1.27 bits per heavy atom. The first kappa shape index (κ1) is 21.7. The van der Waals surface area contributed by atoms with Crippen LogP contribution in [0.2, 0.25) is 5.02 Å². The molecule has 0 aliphatic heterocycles. The fourth-order valence-electron chi connectivity index (χ4n) is 2.79. The van der Waals surface area contributed by atoms with Crippen molar-refractivity contribution in [3.8, 4) is 11.8 Å². The minimum atomic E-state index is -0.372. The summed E-state index contributed by atoms with van der Waals surface area (Å²) in [7, 11) is 0. The molecule has 1 heterocycles. The molecule has 1 atom stereocenters. The van der Waals surface area contributed by atoms with E-state index in [1.54, 1.807) is 36.4 Å². The molecule has 0 saturated heterocycles. The predicted octanol–water partition coefficient (Wildman–Crippen LogP) is 4.69. The number of rotatable bonds is 8. The highest BCUT2D eigenvalue weighted by Crippen LogP contribution is 2.29. The number of nitrogens with zero attached hydrogens (tertiary/aromatic N) is 4. The van der Waals surface area contributed by atoms with Crippen LogP contribution in [0.25, 0.3) is 0 Å². The summed E-state index contributed by atoms with van der Waals surface area (Å²) in [6.45, 7) is 4.47. The fraction of sp³-hybridized carbons (Fsp3) is 0.238. The van der Waals surface area contributed by atoms with Crippen molar-refractivity contribution in [2.45, 2.75) is 31.7 Å². The number of carbonyl (C=O) groups is 1. The zero-order chi connectivity index (χ0) is 21.5. The van der Waals surface area contributed by atoms with Crippen molar-refractivity contribution >= 4 is 35.0 Å². The monoisotopic (exact) mass is 441 g/mol. The number of hydrogen-bond donors (Lipinski definition) is 1. The average molecular weight is 442 g/mol. The van der Waals surface area contributed by atoms with Crippen LogP contribution in [0.1, 0.15) is 31.3 Å². The molecule has 0 spiro atoms. The summed E-state index contributed by atoms with van der Waals surface area (Å²) < 4.78 is 7.85. The molecule has 1 aromatic heterocycles. The average Bonchev–Trinajstić information content (AvgIpc) is 3.17. The van der Waals surface area contributed by atoms with Gasteiger partial charge in [0.2, 0.25) is 5.91 Å². The zero-order valence-corrected chi connectivity index (χ0v) is 18.1. The van der Waals surface area contributed by atoms with E-state index in [4.69, 9.17) is 21.6 Å². The first-order valence-corrected chi connectivity index (χ1v) is 10.7. The van der Waals surface area contributed by atoms with E-state index < -0.39 is 0 Å². The Hall–Kier alpha value is -3.02. The number of hydrogen-bond acceptors (Lipinski definition) is 6. The van der Waals surface area contributed by atoms with E-state index in [2.05, 4.69) is 21.6 Å². The largest absolute Gasteiger partial charge is 0.481 e. The molecule has 30 heavy (non-hydrogen) atoms. The first-order valence-electron chi connectivity index (χ1n) is 9.29. The van der Waals surface area contributed by atoms with E-state index in [9.17, 15) is 4.79 Å². The minimum Gasteiger partial charge on any atom is -0.481 e. The Kier molecular flexibility index (Phi) is 7.33. The lowest BCUT2D eigenvalue weighted by molar-refractivity contribution is -0.113. The molecule has 0 bridgehead atoms. The van der Waals surface area contributed by atoms with Crippen molar-refractivity contribution < 1.29 is 9.53 Å². The number of nitriles is 1. The molecular weight excluding hydrogens is 422 g/mol. The van der Waals surface area contributed by atoms with Crippen molar-refractivity contribution in [3.05, 3.63) is 64.9 Å². The fourth-order valence-corrected chi connectivity index (χ4v) is 3.78. The molecule has 0 radical (unpaired) electrons. The number of para-hydroxylation sites is 2. The predicted molar refractivity (Wildman–Crippen MR) is 117 cm³/mol. The van der Waals surface area contributed by atoms with Crippen LogP contribution in [-0.4, -0.2) is 26.4 Å². The molecule has 154 valence electrons. The molecule has 0 aliphatic rings. The molecule has 9 heteroatoms. The number of anilines is 1. The van der Waals surface area contributed by atoms with Gasteiger partial charge in [0, 0.05) is 6.54 Å². The van der Waals surface area contributed by atoms with Crippen molar-refractivity contribution in [2.75, 3.05) is 11.1 Å². The Labute approximate surface area is 184 Å². The summed E-state index contributed by atoms with van der Waals surface area (Å²) in [5, 5.41) is 21.5. The topological polar surface area (TPSA) is 92.8 Å². The van der Waals surface area contributed by atoms with Crippen LogP contribution in [0.4, 0.5) is 5.69 Å². The molecule has 0 saturated carbocycles. The van der Waals surface area contributed by atoms with Gasteiger partial charge in [0.15, 0.2) is 17.1 Å². The Balaban J connectivity index is 1.66. The Morgan fingerprint density at radius 3 is 2.73 bits per heavy atom. The number of amides is 1. The van der Waals surface area contributed by atoms with Crippen molar-refractivity contribution in [2.24, 2.45) is 0 Å². The quantitative estimate of drug-likeness (QED) is 0.509. The Morgan fingerprint density at radius 2 is 2.00 bits per heavy atom. The number of carbonyl (C=O) groups excluding carboxylic acids is 1. The lowest BCUT2D eigenvalue weighted by Gasteiger charge is -2.16. The summed E-state index contributed by atoms with van der Waals surface area (Å²) >= 11 is 7.44. The maximum atomic E-state index is 12.3. The maximum Gasteiger partial charge on any atom is 0.234 e. The molecule has 3 aromatic rings. The Bertz CT molecular complexity index is 1080. The second-order valence-corrected chi connectivity index (χ2v) is 7.62. The minimum absolute atomic E-state index is 0.137. The number of ether oxygens (including phenoxy) is 1. The second kappa shape index (κ2) is 10.1. The van der Waals surface area contributed by atoms with E-state index in [-0.39, 0.29) is 17.8 Å². The van der Waals surface area contributed by atoms with Gasteiger partial charge < -0.3 is 14.6 Å². The zero-order valence-electron chi connectivity index (χ0n) is 16.5. The third-order valence-corrected chi connectivity index (χ3v) is 5.50. The van der Waals surface area contributed by atoms with Gasteiger partial charge in [-0.3, -0.25) is 4.79 Å². The van der Waals surface area contributed by atoms with E-state index in [0.29, 0.717) is 39.5 Å². The van der Waals surface area contributed by atoms with E-state index >= 15 is 0 Å². The standard InChI is InChI=1S/C21H20ClN5O2S/c1-3-27-20(14(2)29-18-11-7-5-9-16(18)22)25-26-21(27)30-13-19(28)24-17-10-6-4-8-15(17)12-23/h4-11,14H,3,13H2,1-2H3,(H,24,28). The normalized spacial score (nSPS) is 11.5. The second-order valence-electron chi connectivity index (χ2n) is 6.27.